The van der Waals surface area contributed by atoms with Crippen molar-refractivity contribution in [1.82, 2.24) is 4.31 Å². The molecule has 0 aromatic heterocycles. The number of sulfonamides is 1. The van der Waals surface area contributed by atoms with Crippen molar-refractivity contribution in [2.45, 2.75) is 17.7 Å². The first-order valence-electron chi connectivity index (χ1n) is 8.69. The van der Waals surface area contributed by atoms with Gasteiger partial charge in [-0.3, -0.25) is 4.79 Å². The molecule has 0 spiro atoms. The van der Waals surface area contributed by atoms with Crippen LogP contribution in [0.1, 0.15) is 23.2 Å². The SMILES string of the molecule is O=C(COC(=O)c1ccc(F)cc1)Nc1ccc(S(=O)(=O)N2CCCC2)cc1. The molecule has 9 heteroatoms. The maximum Gasteiger partial charge on any atom is 0.338 e. The van der Waals surface area contributed by atoms with Gasteiger partial charge < -0.3 is 10.1 Å². The molecular formula is C19H19FN2O5S. The van der Waals surface area contributed by atoms with E-state index in [0.717, 1.165) is 25.0 Å². The molecule has 1 saturated heterocycles. The van der Waals surface area contributed by atoms with Crippen LogP contribution in [0.4, 0.5) is 10.1 Å². The fourth-order valence-corrected chi connectivity index (χ4v) is 4.30. The maximum absolute atomic E-state index is 12.8. The van der Waals surface area contributed by atoms with Crippen molar-refractivity contribution in [3.63, 3.8) is 0 Å². The maximum atomic E-state index is 12.8. The van der Waals surface area contributed by atoms with E-state index in [1.165, 1.54) is 40.7 Å². The number of benzene rings is 2. The molecule has 2 aromatic carbocycles. The van der Waals surface area contributed by atoms with Gasteiger partial charge in [0.15, 0.2) is 6.61 Å². The summed E-state index contributed by atoms with van der Waals surface area (Å²) in [7, 11) is -3.51. The minimum Gasteiger partial charge on any atom is -0.452 e. The summed E-state index contributed by atoms with van der Waals surface area (Å²) >= 11 is 0. The van der Waals surface area contributed by atoms with Crippen LogP contribution in [0.5, 0.6) is 0 Å². The number of hydrogen-bond donors (Lipinski definition) is 1. The van der Waals surface area contributed by atoms with Gasteiger partial charge in [0.1, 0.15) is 5.82 Å². The van der Waals surface area contributed by atoms with Crippen LogP contribution in [-0.2, 0) is 19.6 Å². The molecule has 28 heavy (non-hydrogen) atoms. The highest BCUT2D eigenvalue weighted by Crippen LogP contribution is 2.22. The fourth-order valence-electron chi connectivity index (χ4n) is 2.79. The molecule has 1 fully saturated rings. The zero-order chi connectivity index (χ0) is 20.1. The van der Waals surface area contributed by atoms with Crippen LogP contribution in [0.3, 0.4) is 0 Å². The average molecular weight is 406 g/mol. The molecule has 1 N–H and O–H groups in total. The first kappa shape index (κ1) is 20.0. The van der Waals surface area contributed by atoms with Crippen molar-refractivity contribution in [2.75, 3.05) is 25.0 Å². The van der Waals surface area contributed by atoms with Gasteiger partial charge in [-0.05, 0) is 61.4 Å². The Labute approximate surface area is 162 Å². The third-order valence-electron chi connectivity index (χ3n) is 4.26. The van der Waals surface area contributed by atoms with Crippen molar-refractivity contribution >= 4 is 27.6 Å². The van der Waals surface area contributed by atoms with E-state index in [1.807, 2.05) is 0 Å². The number of hydrogen-bond acceptors (Lipinski definition) is 5. The van der Waals surface area contributed by atoms with Crippen LogP contribution in [0.15, 0.2) is 53.4 Å². The number of carbonyl (C=O) groups is 2. The van der Waals surface area contributed by atoms with E-state index >= 15 is 0 Å². The van der Waals surface area contributed by atoms with Gasteiger partial charge in [-0.25, -0.2) is 17.6 Å². The predicted octanol–water partition coefficient (Wildman–Crippen LogP) is 2.41. The molecule has 3 rings (SSSR count). The molecule has 148 valence electrons. The van der Waals surface area contributed by atoms with E-state index in [9.17, 15) is 22.4 Å². The number of ether oxygens (including phenoxy) is 1. The first-order valence-corrected chi connectivity index (χ1v) is 10.1. The Bertz CT molecular complexity index is 953. The van der Waals surface area contributed by atoms with Gasteiger partial charge >= 0.3 is 5.97 Å². The Kier molecular flexibility index (Phi) is 6.05. The van der Waals surface area contributed by atoms with Crippen LogP contribution < -0.4 is 5.32 Å². The second-order valence-corrected chi connectivity index (χ2v) is 8.20. The lowest BCUT2D eigenvalue weighted by molar-refractivity contribution is -0.119. The Morgan fingerprint density at radius 1 is 1.00 bits per heavy atom. The van der Waals surface area contributed by atoms with Crippen molar-refractivity contribution in [2.24, 2.45) is 0 Å². The van der Waals surface area contributed by atoms with Gasteiger partial charge in [0.25, 0.3) is 5.91 Å². The van der Waals surface area contributed by atoms with E-state index < -0.39 is 34.3 Å². The summed E-state index contributed by atoms with van der Waals surface area (Å²) < 4.78 is 44.1. The number of amides is 1. The Balaban J connectivity index is 1.54. The summed E-state index contributed by atoms with van der Waals surface area (Å²) in [5.74, 6) is -1.81. The lowest BCUT2D eigenvalue weighted by Gasteiger charge is -2.15. The number of nitrogens with one attached hydrogen (secondary N) is 1. The van der Waals surface area contributed by atoms with Crippen LogP contribution in [0.2, 0.25) is 0 Å². The summed E-state index contributed by atoms with van der Waals surface area (Å²) in [5, 5.41) is 2.52. The lowest BCUT2D eigenvalue weighted by Crippen LogP contribution is -2.27. The summed E-state index contributed by atoms with van der Waals surface area (Å²) in [6.45, 7) is 0.504. The number of halogens is 1. The van der Waals surface area contributed by atoms with Gasteiger partial charge in [0, 0.05) is 18.8 Å². The Hall–Kier alpha value is -2.78. The van der Waals surface area contributed by atoms with Gasteiger partial charge in [-0.15, -0.1) is 0 Å². The Morgan fingerprint density at radius 2 is 1.61 bits per heavy atom. The molecule has 0 unspecified atom stereocenters. The van der Waals surface area contributed by atoms with Crippen LogP contribution in [0, 0.1) is 5.82 Å². The molecule has 2 aromatic rings. The molecule has 0 radical (unpaired) electrons. The predicted molar refractivity (Wildman–Crippen MR) is 99.7 cm³/mol. The van der Waals surface area contributed by atoms with E-state index in [1.54, 1.807) is 0 Å². The van der Waals surface area contributed by atoms with Gasteiger partial charge in [0.05, 0.1) is 10.5 Å². The molecule has 0 bridgehead atoms. The smallest absolute Gasteiger partial charge is 0.338 e. The van der Waals surface area contributed by atoms with Crippen LogP contribution in [0.25, 0.3) is 0 Å². The molecule has 1 aliphatic heterocycles. The zero-order valence-corrected chi connectivity index (χ0v) is 15.7. The zero-order valence-electron chi connectivity index (χ0n) is 14.9. The van der Waals surface area contributed by atoms with Crippen molar-refractivity contribution in [3.05, 3.63) is 59.9 Å². The van der Waals surface area contributed by atoms with Crippen LogP contribution in [-0.4, -0.2) is 44.3 Å². The minimum atomic E-state index is -3.51. The number of rotatable bonds is 6. The third kappa shape index (κ3) is 4.73. The first-order chi connectivity index (χ1) is 13.4. The molecule has 0 atom stereocenters. The largest absolute Gasteiger partial charge is 0.452 e. The summed E-state index contributed by atoms with van der Waals surface area (Å²) in [4.78, 5) is 23.9. The highest BCUT2D eigenvalue weighted by molar-refractivity contribution is 7.89. The molecule has 0 aliphatic carbocycles. The summed E-state index contributed by atoms with van der Waals surface area (Å²) in [5.41, 5.74) is 0.508. The summed E-state index contributed by atoms with van der Waals surface area (Å²) in [6.07, 6.45) is 1.70. The number of anilines is 1. The number of esters is 1. The monoisotopic (exact) mass is 406 g/mol. The molecule has 0 saturated carbocycles. The molecule has 7 nitrogen and oxygen atoms in total. The van der Waals surface area contributed by atoms with E-state index in [4.69, 9.17) is 4.74 Å². The standard InChI is InChI=1S/C19H19FN2O5S/c20-15-5-3-14(4-6-15)19(24)27-13-18(23)21-16-7-9-17(10-8-16)28(25,26)22-11-1-2-12-22/h3-10H,1-2,11-13H2,(H,21,23). The van der Waals surface area contributed by atoms with Gasteiger partial charge in [-0.1, -0.05) is 0 Å². The lowest BCUT2D eigenvalue weighted by atomic mass is 10.2. The fraction of sp³-hybridized carbons (Fsp3) is 0.263. The topological polar surface area (TPSA) is 92.8 Å². The van der Waals surface area contributed by atoms with Crippen molar-refractivity contribution in [3.8, 4) is 0 Å². The highest BCUT2D eigenvalue weighted by Gasteiger charge is 2.26. The van der Waals surface area contributed by atoms with Gasteiger partial charge in [-0.2, -0.15) is 4.31 Å². The molecular weight excluding hydrogens is 387 g/mol. The van der Waals surface area contributed by atoms with E-state index in [2.05, 4.69) is 5.32 Å². The number of carbonyl (C=O) groups excluding carboxylic acids is 2. The minimum absolute atomic E-state index is 0.130. The molecule has 1 heterocycles. The normalized spacial score (nSPS) is 14.6. The van der Waals surface area contributed by atoms with Crippen LogP contribution >= 0.6 is 0 Å². The van der Waals surface area contributed by atoms with E-state index in [-0.39, 0.29) is 10.5 Å². The van der Waals surface area contributed by atoms with Crippen molar-refractivity contribution < 1.29 is 27.1 Å². The second kappa shape index (κ2) is 8.49. The molecule has 1 amide bonds. The molecule has 1 aliphatic rings. The highest BCUT2D eigenvalue weighted by atomic mass is 32.2. The Morgan fingerprint density at radius 3 is 2.21 bits per heavy atom. The summed E-state index contributed by atoms with van der Waals surface area (Å²) in [6, 6.07) is 10.6. The number of nitrogens with zero attached hydrogens (tertiary/aromatic N) is 1. The van der Waals surface area contributed by atoms with Crippen molar-refractivity contribution in [1.29, 1.82) is 0 Å². The van der Waals surface area contributed by atoms with Gasteiger partial charge in [0.2, 0.25) is 10.0 Å². The second-order valence-electron chi connectivity index (χ2n) is 6.27. The van der Waals surface area contributed by atoms with E-state index in [0.29, 0.717) is 18.8 Å². The average Bonchev–Trinajstić information content (AvgIpc) is 3.23. The quantitative estimate of drug-likeness (QED) is 0.744. The third-order valence-corrected chi connectivity index (χ3v) is 6.17.